The zero-order chi connectivity index (χ0) is 45.4. The largest absolute Gasteiger partial charge is 0.310 e. The molecule has 0 radical (unpaired) electrons. The van der Waals surface area contributed by atoms with Gasteiger partial charge in [0.2, 0.25) is 0 Å². The van der Waals surface area contributed by atoms with Gasteiger partial charge in [-0.15, -0.1) is 0 Å². The summed E-state index contributed by atoms with van der Waals surface area (Å²) in [4.78, 5) is 5.01. The molecule has 0 saturated heterocycles. The molecule has 2 nitrogen and oxygen atoms in total. The normalized spacial score (nSPS) is 12.5. The maximum absolute atomic E-state index is 2.55. The number of fused-ring (bicyclic) bond motifs is 3. The van der Waals surface area contributed by atoms with Gasteiger partial charge in [0.15, 0.2) is 0 Å². The highest BCUT2D eigenvalue weighted by molar-refractivity contribution is 6.88. The van der Waals surface area contributed by atoms with Gasteiger partial charge >= 0.3 is 0 Å². The van der Waals surface area contributed by atoms with E-state index in [-0.39, 0.29) is 0 Å². The summed E-state index contributed by atoms with van der Waals surface area (Å²) in [7, 11) is -1.99. The third-order valence-corrected chi connectivity index (χ3v) is 15.5. The van der Waals surface area contributed by atoms with Crippen molar-refractivity contribution >= 4 is 47.4 Å². The summed E-state index contributed by atoms with van der Waals surface area (Å²) in [6, 6.07) is 96.1. The van der Waals surface area contributed by atoms with Crippen molar-refractivity contribution < 1.29 is 0 Å². The van der Waals surface area contributed by atoms with Gasteiger partial charge < -0.3 is 9.80 Å². The molecule has 322 valence electrons. The van der Waals surface area contributed by atoms with Gasteiger partial charge in [0.1, 0.15) is 0 Å². The summed E-state index contributed by atoms with van der Waals surface area (Å²) in [6.07, 6.45) is 0. The van der Waals surface area contributed by atoms with Gasteiger partial charge in [0.25, 0.3) is 0 Å². The molecule has 0 amide bonds. The average Bonchev–Trinajstić information content (AvgIpc) is 3.68. The minimum atomic E-state index is -1.99. The summed E-state index contributed by atoms with van der Waals surface area (Å²) in [5.41, 5.74) is 18.4. The van der Waals surface area contributed by atoms with Crippen molar-refractivity contribution in [3.05, 3.63) is 283 Å². The van der Waals surface area contributed by atoms with E-state index in [1.807, 2.05) is 0 Å². The monoisotopic (exact) mass is 876 g/mol. The Balaban J connectivity index is 1.25. The van der Waals surface area contributed by atoms with Gasteiger partial charge in [0, 0.05) is 28.3 Å². The Bertz CT molecular complexity index is 3230. The van der Waals surface area contributed by atoms with Crippen molar-refractivity contribution in [1.29, 1.82) is 0 Å². The van der Waals surface area contributed by atoms with Crippen LogP contribution in [0.5, 0.6) is 0 Å². The highest BCUT2D eigenvalue weighted by Gasteiger charge is 2.46. The Labute approximate surface area is 396 Å². The standard InChI is InChI=1S/C64H52N2Si/c1-67(2,3)56-45-61(65(52-34-18-8-19-35-52)53-36-20-9-21-37-53)63(48-27-12-5-13-28-48)62(46-56)66(54-38-24-29-49(43-54)47-25-10-4-11-26-47)55-41-42-60-58(44-55)57-39-22-23-40-59(57)64(60,50-30-14-6-15-31-50)51-32-16-7-17-33-51/h4-46H,1-3H3. The van der Waals surface area contributed by atoms with Crippen molar-refractivity contribution in [2.45, 2.75) is 25.1 Å². The Hall–Kier alpha value is -7.98. The summed E-state index contributed by atoms with van der Waals surface area (Å²) in [5, 5.41) is 1.37. The predicted octanol–water partition coefficient (Wildman–Crippen LogP) is 16.9. The molecule has 1 aliphatic rings. The van der Waals surface area contributed by atoms with Gasteiger partial charge in [0.05, 0.1) is 24.9 Å². The molecule has 0 aromatic heterocycles. The topological polar surface area (TPSA) is 6.48 Å². The van der Waals surface area contributed by atoms with E-state index >= 15 is 0 Å². The first-order chi connectivity index (χ1) is 32.9. The molecule has 10 aromatic carbocycles. The lowest BCUT2D eigenvalue weighted by Crippen LogP contribution is -2.38. The van der Waals surface area contributed by atoms with Crippen LogP contribution in [0, 0.1) is 0 Å². The van der Waals surface area contributed by atoms with Gasteiger partial charge in [-0.3, -0.25) is 0 Å². The van der Waals surface area contributed by atoms with E-state index in [0.717, 1.165) is 45.3 Å². The zero-order valence-corrected chi connectivity index (χ0v) is 39.2. The van der Waals surface area contributed by atoms with E-state index in [1.54, 1.807) is 0 Å². The van der Waals surface area contributed by atoms with Gasteiger partial charge in [-0.2, -0.15) is 0 Å². The summed E-state index contributed by atoms with van der Waals surface area (Å²) in [6.45, 7) is 7.40. The number of para-hydroxylation sites is 2. The molecule has 10 aromatic rings. The van der Waals surface area contributed by atoms with Crippen molar-refractivity contribution in [2.24, 2.45) is 0 Å². The second-order valence-corrected chi connectivity index (χ2v) is 23.6. The fraction of sp³-hybridized carbons (Fsp3) is 0.0625. The van der Waals surface area contributed by atoms with E-state index in [9.17, 15) is 0 Å². The number of benzene rings is 10. The van der Waals surface area contributed by atoms with Gasteiger partial charge in [-0.25, -0.2) is 0 Å². The van der Waals surface area contributed by atoms with Crippen LogP contribution in [-0.4, -0.2) is 8.07 Å². The molecule has 0 spiro atoms. The molecule has 67 heavy (non-hydrogen) atoms. The van der Waals surface area contributed by atoms with Crippen LogP contribution in [0.15, 0.2) is 261 Å². The molecule has 3 heteroatoms. The molecule has 0 heterocycles. The molecule has 11 rings (SSSR count). The van der Waals surface area contributed by atoms with E-state index in [2.05, 4.69) is 290 Å². The van der Waals surface area contributed by atoms with Crippen LogP contribution in [0.2, 0.25) is 19.6 Å². The fourth-order valence-electron chi connectivity index (χ4n) is 10.3. The maximum Gasteiger partial charge on any atom is 0.0777 e. The first kappa shape index (κ1) is 41.7. The van der Waals surface area contributed by atoms with Gasteiger partial charge in [-0.05, 0) is 111 Å². The zero-order valence-electron chi connectivity index (χ0n) is 38.2. The van der Waals surface area contributed by atoms with Crippen molar-refractivity contribution in [2.75, 3.05) is 9.80 Å². The lowest BCUT2D eigenvalue weighted by Gasteiger charge is -2.36. The molecule has 0 aliphatic heterocycles. The number of nitrogens with zero attached hydrogens (tertiary/aromatic N) is 2. The van der Waals surface area contributed by atoms with Crippen LogP contribution < -0.4 is 15.0 Å². The molecule has 0 unspecified atom stereocenters. The Kier molecular flexibility index (Phi) is 10.9. The molecule has 0 fully saturated rings. The third-order valence-electron chi connectivity index (χ3n) is 13.4. The van der Waals surface area contributed by atoms with Crippen LogP contribution in [0.25, 0.3) is 33.4 Å². The molecule has 0 atom stereocenters. The average molecular weight is 877 g/mol. The number of hydrogen-bond acceptors (Lipinski definition) is 2. The minimum absolute atomic E-state index is 0.503. The highest BCUT2D eigenvalue weighted by atomic mass is 28.3. The predicted molar refractivity (Wildman–Crippen MR) is 287 cm³/mol. The van der Waals surface area contributed by atoms with Crippen molar-refractivity contribution in [3.63, 3.8) is 0 Å². The summed E-state index contributed by atoms with van der Waals surface area (Å²) >= 11 is 0. The molecule has 0 N–H and O–H groups in total. The van der Waals surface area contributed by atoms with Crippen LogP contribution in [-0.2, 0) is 5.41 Å². The van der Waals surface area contributed by atoms with E-state index in [4.69, 9.17) is 0 Å². The smallest absolute Gasteiger partial charge is 0.0777 e. The lowest BCUT2D eigenvalue weighted by molar-refractivity contribution is 0.768. The van der Waals surface area contributed by atoms with Gasteiger partial charge in [-0.1, -0.05) is 225 Å². The molecule has 0 saturated carbocycles. The molecular weight excluding hydrogens is 825 g/mol. The van der Waals surface area contributed by atoms with E-state index in [0.29, 0.717) is 0 Å². The maximum atomic E-state index is 2.55. The highest BCUT2D eigenvalue weighted by Crippen LogP contribution is 2.58. The quantitative estimate of drug-likeness (QED) is 0.119. The third kappa shape index (κ3) is 7.48. The molecule has 1 aliphatic carbocycles. The molecule has 0 bridgehead atoms. The van der Waals surface area contributed by atoms with Crippen LogP contribution in [0.4, 0.5) is 34.1 Å². The van der Waals surface area contributed by atoms with E-state index < -0.39 is 13.5 Å². The fourth-order valence-corrected chi connectivity index (χ4v) is 11.5. The minimum Gasteiger partial charge on any atom is -0.310 e. The van der Waals surface area contributed by atoms with Crippen LogP contribution >= 0.6 is 0 Å². The number of anilines is 6. The SMILES string of the molecule is C[Si](C)(C)c1cc(N(c2ccccc2)c2ccccc2)c(-c2ccccc2)c(N(c2cccc(-c3ccccc3)c2)c2ccc3c(c2)-c2ccccc2C3(c2ccccc2)c2ccccc2)c1. The Morgan fingerprint density at radius 3 is 1.28 bits per heavy atom. The van der Waals surface area contributed by atoms with Crippen molar-refractivity contribution in [1.82, 2.24) is 0 Å². The second kappa shape index (κ2) is 17.4. The van der Waals surface area contributed by atoms with Crippen LogP contribution in [0.1, 0.15) is 22.3 Å². The Morgan fingerprint density at radius 2 is 0.731 bits per heavy atom. The van der Waals surface area contributed by atoms with E-state index in [1.165, 1.54) is 49.7 Å². The first-order valence-electron chi connectivity index (χ1n) is 23.3. The summed E-state index contributed by atoms with van der Waals surface area (Å²) in [5.74, 6) is 0. The number of hydrogen-bond donors (Lipinski definition) is 0. The van der Waals surface area contributed by atoms with Crippen LogP contribution in [0.3, 0.4) is 0 Å². The second-order valence-electron chi connectivity index (χ2n) is 18.5. The van der Waals surface area contributed by atoms with Crippen molar-refractivity contribution in [3.8, 4) is 33.4 Å². The lowest BCUT2D eigenvalue weighted by atomic mass is 9.68. The Morgan fingerprint density at radius 1 is 0.313 bits per heavy atom. The molecular formula is C64H52N2Si. The summed E-state index contributed by atoms with van der Waals surface area (Å²) < 4.78 is 0. The number of rotatable bonds is 11. The first-order valence-corrected chi connectivity index (χ1v) is 26.8.